The molecule has 53 heavy (non-hydrogen) atoms. The molecular formula is C45H61NO7. The van der Waals surface area contributed by atoms with Crippen molar-refractivity contribution in [3.63, 3.8) is 0 Å². The van der Waals surface area contributed by atoms with Crippen LogP contribution in [-0.4, -0.2) is 58.5 Å². The normalized spacial score (nSPS) is 39.9. The molecule has 0 aromatic heterocycles. The van der Waals surface area contributed by atoms with E-state index >= 15 is 0 Å². The van der Waals surface area contributed by atoms with Gasteiger partial charge in [0.1, 0.15) is 5.60 Å². The van der Waals surface area contributed by atoms with Crippen LogP contribution in [0.4, 0.5) is 0 Å². The molecule has 0 radical (unpaired) electrons. The van der Waals surface area contributed by atoms with Crippen LogP contribution in [0.5, 0.6) is 0 Å². The van der Waals surface area contributed by atoms with Gasteiger partial charge >= 0.3 is 5.97 Å². The van der Waals surface area contributed by atoms with Crippen molar-refractivity contribution in [2.45, 2.75) is 142 Å². The molecule has 1 aromatic rings. The third kappa shape index (κ3) is 6.18. The number of Topliss-reactive ketones (excluding diaryl/α,β-unsaturated/α-hetero) is 1. The third-order valence-electron chi connectivity index (χ3n) is 15.9. The van der Waals surface area contributed by atoms with E-state index < -0.39 is 40.9 Å². The average Bonchev–Trinajstić information content (AvgIpc) is 3.38. The van der Waals surface area contributed by atoms with Crippen LogP contribution < -0.4 is 5.32 Å². The number of nitrogens with one attached hydrogen (secondary N) is 1. The molecule has 4 saturated carbocycles. The van der Waals surface area contributed by atoms with E-state index in [9.17, 15) is 29.4 Å². The summed E-state index contributed by atoms with van der Waals surface area (Å²) in [6, 6.07) is 7.06. The molecule has 3 N–H and O–H groups in total. The van der Waals surface area contributed by atoms with E-state index in [1.807, 2.05) is 13.0 Å². The highest BCUT2D eigenvalue weighted by Crippen LogP contribution is 2.67. The van der Waals surface area contributed by atoms with Crippen molar-refractivity contribution >= 4 is 23.4 Å². The summed E-state index contributed by atoms with van der Waals surface area (Å²) in [6.45, 7) is 13.2. The molecule has 1 amide bonds. The Kier molecular flexibility index (Phi) is 9.78. The number of rotatable bonds is 9. The van der Waals surface area contributed by atoms with E-state index in [4.69, 9.17) is 4.74 Å². The number of aliphatic hydroxyl groups is 2. The number of aryl methyl sites for hydroxylation is 1. The van der Waals surface area contributed by atoms with Crippen molar-refractivity contribution < 1.29 is 34.1 Å². The lowest BCUT2D eigenvalue weighted by molar-refractivity contribution is -0.181. The van der Waals surface area contributed by atoms with E-state index in [0.29, 0.717) is 24.8 Å². The number of allylic oxidation sites excluding steroid dienone is 4. The first kappa shape index (κ1) is 38.2. The number of ether oxygens (including phenoxy) is 1. The molecule has 0 aliphatic heterocycles. The SMILES string of the molecule is CC(C)c1ccc2c(c1)CCC1C(C)(CNC(=O)CCC(=O)OCC(=O)C3(O)CCC4C5CCC6=CC(=O)C=CC6(C)C5C(O)CC43C)CCCC21C. The fraction of sp³-hybridized carbons (Fsp3) is 0.689. The maximum absolute atomic E-state index is 13.7. The predicted octanol–water partition coefficient (Wildman–Crippen LogP) is 6.84. The lowest BCUT2D eigenvalue weighted by Crippen LogP contribution is -2.61. The highest BCUT2D eigenvalue weighted by atomic mass is 16.5. The first-order chi connectivity index (χ1) is 24.9. The Morgan fingerprint density at radius 1 is 1.00 bits per heavy atom. The van der Waals surface area contributed by atoms with Crippen LogP contribution in [-0.2, 0) is 35.8 Å². The van der Waals surface area contributed by atoms with Gasteiger partial charge in [0.2, 0.25) is 11.7 Å². The average molecular weight is 728 g/mol. The summed E-state index contributed by atoms with van der Waals surface area (Å²) < 4.78 is 5.40. The Hall–Kier alpha value is -3.10. The number of amides is 1. The van der Waals surface area contributed by atoms with E-state index in [0.717, 1.165) is 50.5 Å². The van der Waals surface area contributed by atoms with Crippen molar-refractivity contribution in [3.05, 3.63) is 58.7 Å². The fourth-order valence-corrected chi connectivity index (χ4v) is 12.9. The van der Waals surface area contributed by atoms with Gasteiger partial charge in [-0.25, -0.2) is 0 Å². The maximum Gasteiger partial charge on any atom is 0.306 e. The summed E-state index contributed by atoms with van der Waals surface area (Å²) >= 11 is 0. The summed E-state index contributed by atoms with van der Waals surface area (Å²) in [4.78, 5) is 51.7. The van der Waals surface area contributed by atoms with Gasteiger partial charge in [0, 0.05) is 29.7 Å². The third-order valence-corrected chi connectivity index (χ3v) is 15.9. The lowest BCUT2D eigenvalue weighted by Gasteiger charge is -2.59. The Bertz CT molecular complexity index is 1740. The molecule has 6 aliphatic carbocycles. The van der Waals surface area contributed by atoms with Crippen molar-refractivity contribution in [1.82, 2.24) is 5.32 Å². The van der Waals surface area contributed by atoms with Crippen LogP contribution >= 0.6 is 0 Å². The molecule has 4 fully saturated rings. The number of benzene rings is 1. The number of hydrogen-bond acceptors (Lipinski definition) is 7. The summed E-state index contributed by atoms with van der Waals surface area (Å²) in [6.07, 6.45) is 12.5. The monoisotopic (exact) mass is 727 g/mol. The summed E-state index contributed by atoms with van der Waals surface area (Å²) in [5.74, 6) is -0.458. The maximum atomic E-state index is 13.7. The number of carbonyl (C=O) groups is 4. The first-order valence-electron chi connectivity index (χ1n) is 20.4. The lowest BCUT2D eigenvalue weighted by atomic mass is 9.46. The largest absolute Gasteiger partial charge is 0.458 e. The van der Waals surface area contributed by atoms with Gasteiger partial charge in [-0.2, -0.15) is 0 Å². The van der Waals surface area contributed by atoms with Gasteiger partial charge in [-0.1, -0.05) is 77.8 Å². The van der Waals surface area contributed by atoms with Crippen molar-refractivity contribution in [3.8, 4) is 0 Å². The molecular weight excluding hydrogens is 666 g/mol. The standard InChI is InChI=1S/C45H61NO7/c1-27(2)28-8-12-33-29(22-28)9-13-36-41(3,18-7-19-43(33,36)5)26-46-38(50)14-15-39(51)53-25-37(49)45(52)21-17-34-32-11-10-30-23-31(47)16-20-42(30,4)40(32)35(48)24-44(34,45)6/h8,12,16,20,22-23,27,32,34-36,40,48,52H,7,9-11,13-15,17-19,21,24-26H2,1-6H3,(H,46,50). The summed E-state index contributed by atoms with van der Waals surface area (Å²) in [5.41, 5.74) is 2.38. The van der Waals surface area contributed by atoms with E-state index in [2.05, 4.69) is 58.1 Å². The first-order valence-corrected chi connectivity index (χ1v) is 20.4. The number of aliphatic hydroxyl groups excluding tert-OH is 1. The quantitative estimate of drug-likeness (QED) is 0.238. The molecule has 8 heteroatoms. The highest BCUT2D eigenvalue weighted by molar-refractivity contribution is 6.01. The number of fused-ring (bicyclic) bond motifs is 8. The Balaban J connectivity index is 0.916. The summed E-state index contributed by atoms with van der Waals surface area (Å²) in [5, 5.41) is 26.8. The van der Waals surface area contributed by atoms with E-state index in [1.165, 1.54) is 16.7 Å². The number of esters is 1. The van der Waals surface area contributed by atoms with Gasteiger partial charge in [-0.15, -0.1) is 0 Å². The molecule has 1 aromatic carbocycles. The van der Waals surface area contributed by atoms with Gasteiger partial charge in [-0.05, 0) is 121 Å². The fourth-order valence-electron chi connectivity index (χ4n) is 12.9. The molecule has 288 valence electrons. The molecule has 0 spiro atoms. The second kappa shape index (κ2) is 13.6. The van der Waals surface area contributed by atoms with E-state index in [1.54, 1.807) is 12.2 Å². The van der Waals surface area contributed by atoms with Crippen LogP contribution in [0.1, 0.15) is 135 Å². The topological polar surface area (TPSA) is 130 Å². The Morgan fingerprint density at radius 2 is 1.77 bits per heavy atom. The van der Waals surface area contributed by atoms with Gasteiger partial charge in [0.05, 0.1) is 12.5 Å². The van der Waals surface area contributed by atoms with Crippen LogP contribution in [0.15, 0.2) is 42.0 Å². The summed E-state index contributed by atoms with van der Waals surface area (Å²) in [7, 11) is 0. The second-order valence-corrected chi connectivity index (χ2v) is 19.1. The number of ketones is 2. The molecule has 8 nitrogen and oxygen atoms in total. The number of hydrogen-bond donors (Lipinski definition) is 3. The van der Waals surface area contributed by atoms with Crippen LogP contribution in [0, 0.1) is 39.9 Å². The van der Waals surface area contributed by atoms with Crippen LogP contribution in [0.3, 0.4) is 0 Å². The van der Waals surface area contributed by atoms with Crippen LogP contribution in [0.25, 0.3) is 0 Å². The number of carbonyl (C=O) groups excluding carboxylic acids is 4. The van der Waals surface area contributed by atoms with Gasteiger partial charge < -0.3 is 20.3 Å². The zero-order chi connectivity index (χ0) is 38.1. The molecule has 10 unspecified atom stereocenters. The molecule has 10 atom stereocenters. The van der Waals surface area contributed by atoms with Crippen molar-refractivity contribution in [2.75, 3.05) is 13.2 Å². The van der Waals surface area contributed by atoms with Gasteiger partial charge in [-0.3, -0.25) is 19.2 Å². The van der Waals surface area contributed by atoms with Crippen molar-refractivity contribution in [1.29, 1.82) is 0 Å². The van der Waals surface area contributed by atoms with Gasteiger partial charge in [0.15, 0.2) is 12.4 Å². The van der Waals surface area contributed by atoms with Crippen molar-refractivity contribution in [2.24, 2.45) is 39.9 Å². The minimum atomic E-state index is -1.73. The minimum absolute atomic E-state index is 0.0126. The Labute approximate surface area is 315 Å². The highest BCUT2D eigenvalue weighted by Gasteiger charge is 2.68. The Morgan fingerprint density at radius 3 is 2.53 bits per heavy atom. The molecule has 0 bridgehead atoms. The van der Waals surface area contributed by atoms with Crippen LogP contribution in [0.2, 0.25) is 0 Å². The molecule has 0 saturated heterocycles. The zero-order valence-electron chi connectivity index (χ0n) is 32.8. The second-order valence-electron chi connectivity index (χ2n) is 19.1. The molecule has 6 aliphatic rings. The van der Waals surface area contributed by atoms with Gasteiger partial charge in [0.25, 0.3) is 0 Å². The minimum Gasteiger partial charge on any atom is -0.458 e. The zero-order valence-corrected chi connectivity index (χ0v) is 32.8. The van der Waals surface area contributed by atoms with E-state index in [-0.39, 0.29) is 66.0 Å². The molecule has 7 rings (SSSR count). The predicted molar refractivity (Wildman–Crippen MR) is 203 cm³/mol. The smallest absolute Gasteiger partial charge is 0.306 e. The molecule has 0 heterocycles.